The Balaban J connectivity index is 4.11. The molecule has 0 aliphatic heterocycles. The number of ether oxygens (including phenoxy) is 1. The molecule has 5 nitrogen and oxygen atoms in total. The van der Waals surface area contributed by atoms with E-state index in [0.717, 1.165) is 77.5 Å². The Hall–Kier alpha value is 0.0169. The van der Waals surface area contributed by atoms with E-state index in [1.807, 2.05) is 6.92 Å². The predicted octanol–water partition coefficient (Wildman–Crippen LogP) is 3.20. The predicted molar refractivity (Wildman–Crippen MR) is 105 cm³/mol. The molecule has 24 heavy (non-hydrogen) atoms. The summed E-state index contributed by atoms with van der Waals surface area (Å²) in [5.74, 6) is 0. The summed E-state index contributed by atoms with van der Waals surface area (Å²) in [5, 5.41) is 0. The number of nitrogens with zero attached hydrogens (tertiary/aromatic N) is 2. The summed E-state index contributed by atoms with van der Waals surface area (Å²) >= 11 is 0. The molecule has 0 aromatic carbocycles. The van der Waals surface area contributed by atoms with Crippen LogP contribution in [0.1, 0.15) is 40.5 Å². The molecular weight excluding hydrogens is 320 g/mol. The zero-order chi connectivity index (χ0) is 18.3. The Bertz CT molecular complexity index is 266. The molecule has 0 radical (unpaired) electrons. The highest BCUT2D eigenvalue weighted by Gasteiger charge is 2.35. The van der Waals surface area contributed by atoms with E-state index in [1.54, 1.807) is 0 Å². The molecule has 0 spiro atoms. The standard InChI is InChI=1S/C18H42N2O3Si/c1-7-17-24(22-9-3,23-10-4)18-15-20(6)14-13-19(5)12-11-16-21-8-2/h7-18H2,1-6H3. The van der Waals surface area contributed by atoms with Gasteiger partial charge in [0.25, 0.3) is 0 Å². The topological polar surface area (TPSA) is 34.2 Å². The van der Waals surface area contributed by atoms with E-state index in [4.69, 9.17) is 13.6 Å². The maximum atomic E-state index is 6.13. The van der Waals surface area contributed by atoms with Crippen LogP contribution in [0.4, 0.5) is 0 Å². The highest BCUT2D eigenvalue weighted by atomic mass is 28.4. The number of hydrogen-bond acceptors (Lipinski definition) is 5. The van der Waals surface area contributed by atoms with Crippen LogP contribution in [0.2, 0.25) is 12.1 Å². The summed E-state index contributed by atoms with van der Waals surface area (Å²) < 4.78 is 17.7. The SMILES string of the molecule is CCC[Si](CCN(C)CCN(C)CCCOCC)(OCC)OCC. The van der Waals surface area contributed by atoms with Crippen LogP contribution in [0.5, 0.6) is 0 Å². The van der Waals surface area contributed by atoms with E-state index < -0.39 is 8.56 Å². The van der Waals surface area contributed by atoms with Crippen molar-refractivity contribution in [2.45, 2.75) is 52.6 Å². The number of likely N-dealkylation sites (N-methyl/N-ethyl adjacent to an activating group) is 2. The van der Waals surface area contributed by atoms with Crippen LogP contribution in [0.25, 0.3) is 0 Å². The summed E-state index contributed by atoms with van der Waals surface area (Å²) in [6.45, 7) is 16.0. The third-order valence-corrected chi connectivity index (χ3v) is 8.09. The van der Waals surface area contributed by atoms with Crippen molar-refractivity contribution < 1.29 is 13.6 Å². The lowest BCUT2D eigenvalue weighted by Gasteiger charge is -2.32. The molecule has 0 atom stereocenters. The lowest BCUT2D eigenvalue weighted by molar-refractivity contribution is 0.134. The van der Waals surface area contributed by atoms with Crippen molar-refractivity contribution in [2.24, 2.45) is 0 Å². The fraction of sp³-hybridized carbons (Fsp3) is 1.00. The highest BCUT2D eigenvalue weighted by molar-refractivity contribution is 6.67. The van der Waals surface area contributed by atoms with Gasteiger partial charge in [-0.25, -0.2) is 0 Å². The Morgan fingerprint density at radius 2 is 1.29 bits per heavy atom. The Morgan fingerprint density at radius 3 is 1.79 bits per heavy atom. The molecule has 0 N–H and O–H groups in total. The average Bonchev–Trinajstić information content (AvgIpc) is 2.56. The van der Waals surface area contributed by atoms with E-state index in [0.29, 0.717) is 0 Å². The van der Waals surface area contributed by atoms with Crippen LogP contribution in [0, 0.1) is 0 Å². The molecule has 0 saturated carbocycles. The van der Waals surface area contributed by atoms with Crippen molar-refractivity contribution in [3.8, 4) is 0 Å². The lowest BCUT2D eigenvalue weighted by atomic mass is 10.4. The summed E-state index contributed by atoms with van der Waals surface area (Å²) in [5.41, 5.74) is 0. The monoisotopic (exact) mass is 362 g/mol. The van der Waals surface area contributed by atoms with Gasteiger partial charge in [0.2, 0.25) is 0 Å². The Kier molecular flexibility index (Phi) is 15.3. The van der Waals surface area contributed by atoms with E-state index in [2.05, 4.69) is 44.7 Å². The summed E-state index contributed by atoms with van der Waals surface area (Å²) in [7, 11) is 2.38. The minimum absolute atomic E-state index is 0.762. The molecule has 146 valence electrons. The van der Waals surface area contributed by atoms with Gasteiger partial charge in [-0.15, -0.1) is 0 Å². The third-order valence-electron chi connectivity index (χ3n) is 4.22. The zero-order valence-electron chi connectivity index (χ0n) is 17.1. The molecule has 0 aromatic rings. The fourth-order valence-electron chi connectivity index (χ4n) is 2.87. The van der Waals surface area contributed by atoms with Gasteiger partial charge in [-0.1, -0.05) is 13.3 Å². The fourth-order valence-corrected chi connectivity index (χ4v) is 6.32. The zero-order valence-corrected chi connectivity index (χ0v) is 18.1. The molecular formula is C18H42N2O3Si. The molecule has 0 fully saturated rings. The van der Waals surface area contributed by atoms with E-state index >= 15 is 0 Å². The quantitative estimate of drug-likeness (QED) is 0.293. The molecule has 0 unspecified atom stereocenters. The van der Waals surface area contributed by atoms with E-state index in [1.165, 1.54) is 0 Å². The van der Waals surface area contributed by atoms with Gasteiger partial charge in [0.1, 0.15) is 0 Å². The minimum Gasteiger partial charge on any atom is -0.394 e. The molecule has 0 amide bonds. The summed E-state index contributed by atoms with van der Waals surface area (Å²) in [6.07, 6.45) is 2.24. The van der Waals surface area contributed by atoms with Crippen LogP contribution in [-0.2, 0) is 13.6 Å². The van der Waals surface area contributed by atoms with Gasteiger partial charge in [0.05, 0.1) is 0 Å². The maximum Gasteiger partial charge on any atom is 0.339 e. The van der Waals surface area contributed by atoms with Crippen LogP contribution < -0.4 is 0 Å². The second-order valence-corrected chi connectivity index (χ2v) is 9.83. The first-order valence-corrected chi connectivity index (χ1v) is 12.0. The van der Waals surface area contributed by atoms with Crippen LogP contribution >= 0.6 is 0 Å². The molecule has 0 saturated heterocycles. The molecule has 0 aliphatic carbocycles. The summed E-state index contributed by atoms with van der Waals surface area (Å²) in [6, 6.07) is 2.16. The van der Waals surface area contributed by atoms with Crippen molar-refractivity contribution >= 4 is 8.56 Å². The molecule has 0 bridgehead atoms. The molecule has 0 aromatic heterocycles. The van der Waals surface area contributed by atoms with Gasteiger partial charge in [-0.2, -0.15) is 0 Å². The van der Waals surface area contributed by atoms with Crippen LogP contribution in [-0.4, -0.2) is 85.1 Å². The van der Waals surface area contributed by atoms with Gasteiger partial charge in [-0.05, 0) is 53.9 Å². The van der Waals surface area contributed by atoms with E-state index in [9.17, 15) is 0 Å². The second-order valence-electron chi connectivity index (χ2n) is 6.43. The first kappa shape index (κ1) is 24.0. The van der Waals surface area contributed by atoms with E-state index in [-0.39, 0.29) is 0 Å². The molecule has 0 rings (SSSR count). The first-order chi connectivity index (χ1) is 11.5. The van der Waals surface area contributed by atoms with Gasteiger partial charge < -0.3 is 23.4 Å². The smallest absolute Gasteiger partial charge is 0.339 e. The Morgan fingerprint density at radius 1 is 0.708 bits per heavy atom. The number of rotatable bonds is 17. The lowest BCUT2D eigenvalue weighted by Crippen LogP contribution is -2.45. The van der Waals surface area contributed by atoms with Gasteiger partial charge >= 0.3 is 8.56 Å². The second kappa shape index (κ2) is 15.3. The normalized spacial score (nSPS) is 12.5. The molecule has 6 heteroatoms. The van der Waals surface area contributed by atoms with Crippen LogP contribution in [0.3, 0.4) is 0 Å². The Labute approximate surface area is 151 Å². The minimum atomic E-state index is -2.02. The summed E-state index contributed by atoms with van der Waals surface area (Å²) in [4.78, 5) is 4.80. The third kappa shape index (κ3) is 11.6. The molecule has 0 heterocycles. The van der Waals surface area contributed by atoms with Crippen molar-refractivity contribution in [3.05, 3.63) is 0 Å². The van der Waals surface area contributed by atoms with Crippen molar-refractivity contribution in [2.75, 3.05) is 66.7 Å². The maximum absolute atomic E-state index is 6.13. The average molecular weight is 363 g/mol. The highest BCUT2D eigenvalue weighted by Crippen LogP contribution is 2.21. The van der Waals surface area contributed by atoms with Crippen molar-refractivity contribution in [3.63, 3.8) is 0 Å². The largest absolute Gasteiger partial charge is 0.394 e. The van der Waals surface area contributed by atoms with Crippen molar-refractivity contribution in [1.82, 2.24) is 9.80 Å². The first-order valence-electron chi connectivity index (χ1n) is 9.76. The van der Waals surface area contributed by atoms with Gasteiger partial charge in [-0.3, -0.25) is 0 Å². The molecule has 0 aliphatic rings. The van der Waals surface area contributed by atoms with Crippen molar-refractivity contribution in [1.29, 1.82) is 0 Å². The van der Waals surface area contributed by atoms with Gasteiger partial charge in [0, 0.05) is 52.1 Å². The van der Waals surface area contributed by atoms with Crippen LogP contribution in [0.15, 0.2) is 0 Å². The number of hydrogen-bond donors (Lipinski definition) is 0. The van der Waals surface area contributed by atoms with Gasteiger partial charge in [0.15, 0.2) is 0 Å².